The normalized spacial score (nSPS) is 19.9. The van der Waals surface area contributed by atoms with Gasteiger partial charge in [0.25, 0.3) is 0 Å². The molecular weight excluding hydrogens is 290 g/mol. The second-order valence-corrected chi connectivity index (χ2v) is 7.67. The zero-order valence-electron chi connectivity index (χ0n) is 12.4. The fourth-order valence-corrected chi connectivity index (χ4v) is 3.83. The number of rotatable bonds is 6. The Hall–Kier alpha value is -0.950. The summed E-state index contributed by atoms with van der Waals surface area (Å²) in [6.45, 7) is 1.84. The summed E-state index contributed by atoms with van der Waals surface area (Å²) in [7, 11) is -1.72. The van der Waals surface area contributed by atoms with Crippen molar-refractivity contribution in [1.82, 2.24) is 4.31 Å². The van der Waals surface area contributed by atoms with Crippen LogP contribution in [0.25, 0.3) is 0 Å². The smallest absolute Gasteiger partial charge is 0.218 e. The zero-order chi connectivity index (χ0) is 15.3. The van der Waals surface area contributed by atoms with Gasteiger partial charge in [-0.25, -0.2) is 12.7 Å². The third-order valence-corrected chi connectivity index (χ3v) is 5.56. The van der Waals surface area contributed by atoms with Crippen molar-refractivity contribution in [3.8, 4) is 0 Å². The predicted molar refractivity (Wildman–Crippen MR) is 81.2 cm³/mol. The minimum atomic E-state index is -3.34. The summed E-state index contributed by atoms with van der Waals surface area (Å²) in [5.74, 6) is 0.243. The van der Waals surface area contributed by atoms with Gasteiger partial charge in [-0.1, -0.05) is 24.3 Å². The monoisotopic (exact) mass is 313 g/mol. The predicted octanol–water partition coefficient (Wildman–Crippen LogP) is 1.37. The van der Waals surface area contributed by atoms with Gasteiger partial charge in [-0.05, 0) is 29.9 Å². The molecule has 1 atom stereocenters. The van der Waals surface area contributed by atoms with E-state index in [9.17, 15) is 8.42 Å². The van der Waals surface area contributed by atoms with Crippen molar-refractivity contribution in [1.29, 1.82) is 0 Å². The van der Waals surface area contributed by atoms with E-state index in [-0.39, 0.29) is 18.3 Å². The van der Waals surface area contributed by atoms with E-state index in [1.165, 1.54) is 4.31 Å². The third kappa shape index (κ3) is 4.78. The second kappa shape index (κ2) is 7.35. The maximum atomic E-state index is 12.4. The lowest BCUT2D eigenvalue weighted by Crippen LogP contribution is -2.35. The summed E-state index contributed by atoms with van der Waals surface area (Å²) in [5.41, 5.74) is 1.43. The molecule has 1 aromatic carbocycles. The van der Waals surface area contributed by atoms with Crippen LogP contribution in [0.2, 0.25) is 0 Å². The Morgan fingerprint density at radius 1 is 1.38 bits per heavy atom. The van der Waals surface area contributed by atoms with Crippen LogP contribution in [-0.4, -0.2) is 44.6 Å². The van der Waals surface area contributed by atoms with Crippen molar-refractivity contribution in [2.45, 2.75) is 25.2 Å². The molecule has 6 heteroatoms. The molecule has 21 heavy (non-hydrogen) atoms. The highest BCUT2D eigenvalue weighted by Crippen LogP contribution is 2.18. The van der Waals surface area contributed by atoms with Crippen LogP contribution in [0.4, 0.5) is 0 Å². The van der Waals surface area contributed by atoms with Gasteiger partial charge in [0.2, 0.25) is 10.0 Å². The van der Waals surface area contributed by atoms with Crippen LogP contribution in [-0.2, 0) is 27.1 Å². The van der Waals surface area contributed by atoms with Crippen LogP contribution < -0.4 is 0 Å². The van der Waals surface area contributed by atoms with Crippen LogP contribution in [0.5, 0.6) is 0 Å². The van der Waals surface area contributed by atoms with Crippen LogP contribution in [0, 0.1) is 5.92 Å². The Bertz CT molecular complexity index is 553. The van der Waals surface area contributed by atoms with Crippen LogP contribution >= 0.6 is 0 Å². The minimum Gasteiger partial charge on any atom is -0.392 e. The van der Waals surface area contributed by atoms with Crippen LogP contribution in [0.1, 0.15) is 24.0 Å². The van der Waals surface area contributed by atoms with E-state index in [2.05, 4.69) is 0 Å². The molecule has 1 fully saturated rings. The van der Waals surface area contributed by atoms with E-state index in [4.69, 9.17) is 9.84 Å². The lowest BCUT2D eigenvalue weighted by Gasteiger charge is -2.26. The van der Waals surface area contributed by atoms with Gasteiger partial charge >= 0.3 is 0 Å². The molecule has 1 unspecified atom stereocenters. The fourth-order valence-electron chi connectivity index (χ4n) is 2.57. The number of aliphatic hydroxyl groups is 1. The first-order valence-electron chi connectivity index (χ1n) is 7.21. The van der Waals surface area contributed by atoms with Crippen molar-refractivity contribution >= 4 is 10.0 Å². The highest BCUT2D eigenvalue weighted by molar-refractivity contribution is 7.88. The van der Waals surface area contributed by atoms with E-state index in [0.29, 0.717) is 18.7 Å². The Kier molecular flexibility index (Phi) is 5.75. The van der Waals surface area contributed by atoms with Crippen molar-refractivity contribution in [2.24, 2.45) is 5.92 Å². The molecule has 1 saturated heterocycles. The molecule has 1 N–H and O–H groups in total. The maximum Gasteiger partial charge on any atom is 0.218 e. The topological polar surface area (TPSA) is 66.8 Å². The van der Waals surface area contributed by atoms with Gasteiger partial charge in [0, 0.05) is 20.2 Å². The molecule has 1 heterocycles. The molecule has 1 aliphatic heterocycles. The van der Waals surface area contributed by atoms with Gasteiger partial charge in [0.05, 0.1) is 19.0 Å². The lowest BCUT2D eigenvalue weighted by molar-refractivity contribution is 0.0495. The molecule has 0 radical (unpaired) electrons. The number of hydrogen-bond donors (Lipinski definition) is 1. The molecule has 1 aliphatic rings. The highest BCUT2D eigenvalue weighted by atomic mass is 32.2. The fraction of sp³-hybridized carbons (Fsp3) is 0.600. The first-order valence-corrected chi connectivity index (χ1v) is 8.82. The number of hydrogen-bond acceptors (Lipinski definition) is 4. The van der Waals surface area contributed by atoms with Gasteiger partial charge in [-0.15, -0.1) is 0 Å². The maximum absolute atomic E-state index is 12.4. The molecule has 0 saturated carbocycles. The summed E-state index contributed by atoms with van der Waals surface area (Å²) in [6, 6.07) is 7.05. The van der Waals surface area contributed by atoms with Gasteiger partial charge in [0.15, 0.2) is 0 Å². The number of benzene rings is 1. The van der Waals surface area contributed by atoms with E-state index in [1.54, 1.807) is 31.3 Å². The molecule has 5 nitrogen and oxygen atoms in total. The third-order valence-electron chi connectivity index (χ3n) is 3.77. The van der Waals surface area contributed by atoms with E-state index < -0.39 is 10.0 Å². The first kappa shape index (κ1) is 16.4. The largest absolute Gasteiger partial charge is 0.392 e. The Morgan fingerprint density at radius 2 is 2.14 bits per heavy atom. The van der Waals surface area contributed by atoms with Crippen molar-refractivity contribution < 1.29 is 18.3 Å². The highest BCUT2D eigenvalue weighted by Gasteiger charge is 2.23. The standard InChI is InChI=1S/C15H23NO4S/c1-16(9-15-6-3-7-20-11-15)21(18,19)12-14-5-2-4-13(8-14)10-17/h2,4-5,8,15,17H,3,6-7,9-12H2,1H3. The Balaban J connectivity index is 1.99. The number of nitrogens with zero attached hydrogens (tertiary/aromatic N) is 1. The molecule has 0 amide bonds. The average Bonchev–Trinajstić information content (AvgIpc) is 2.48. The molecule has 0 bridgehead atoms. The van der Waals surface area contributed by atoms with Gasteiger partial charge in [-0.2, -0.15) is 0 Å². The molecule has 0 aromatic heterocycles. The molecule has 118 valence electrons. The molecule has 1 aromatic rings. The number of aliphatic hydroxyl groups excluding tert-OH is 1. The summed E-state index contributed by atoms with van der Waals surface area (Å²) < 4.78 is 31.6. The van der Waals surface area contributed by atoms with Gasteiger partial charge < -0.3 is 9.84 Å². The van der Waals surface area contributed by atoms with E-state index >= 15 is 0 Å². The van der Waals surface area contributed by atoms with Crippen LogP contribution in [0.3, 0.4) is 0 Å². The molecular formula is C15H23NO4S. The summed E-state index contributed by atoms with van der Waals surface area (Å²) >= 11 is 0. The lowest BCUT2D eigenvalue weighted by atomic mass is 10.0. The summed E-state index contributed by atoms with van der Waals surface area (Å²) in [6.07, 6.45) is 2.01. The second-order valence-electron chi connectivity index (χ2n) is 5.60. The molecule has 0 spiro atoms. The summed E-state index contributed by atoms with van der Waals surface area (Å²) in [5, 5.41) is 9.11. The average molecular weight is 313 g/mol. The number of ether oxygens (including phenoxy) is 1. The number of sulfonamides is 1. The molecule has 2 rings (SSSR count). The van der Waals surface area contributed by atoms with Crippen molar-refractivity contribution in [2.75, 3.05) is 26.8 Å². The SMILES string of the molecule is CN(CC1CCCOC1)S(=O)(=O)Cc1cccc(CO)c1. The Labute approximate surface area is 126 Å². The quantitative estimate of drug-likeness (QED) is 0.861. The molecule has 0 aliphatic carbocycles. The van der Waals surface area contributed by atoms with E-state index in [1.807, 2.05) is 0 Å². The van der Waals surface area contributed by atoms with Crippen LogP contribution in [0.15, 0.2) is 24.3 Å². The first-order chi connectivity index (χ1) is 10.0. The summed E-state index contributed by atoms with van der Waals surface area (Å²) in [4.78, 5) is 0. The van der Waals surface area contributed by atoms with Gasteiger partial charge in [0.1, 0.15) is 0 Å². The van der Waals surface area contributed by atoms with Crippen molar-refractivity contribution in [3.63, 3.8) is 0 Å². The Morgan fingerprint density at radius 3 is 2.81 bits per heavy atom. The minimum absolute atomic E-state index is 0.0368. The van der Waals surface area contributed by atoms with E-state index in [0.717, 1.165) is 25.0 Å². The zero-order valence-corrected chi connectivity index (χ0v) is 13.2. The van der Waals surface area contributed by atoms with Gasteiger partial charge in [-0.3, -0.25) is 0 Å². The van der Waals surface area contributed by atoms with Crippen molar-refractivity contribution in [3.05, 3.63) is 35.4 Å².